The number of carboxylic acid groups (broad SMARTS) is 4. The molecule has 0 saturated heterocycles. The number of nitrogens with one attached hydrogen (secondary N) is 8. The molecule has 438 valence electrons. The second-order valence-corrected chi connectivity index (χ2v) is 20.0. The number of amides is 9. The average molecular weight is 1120 g/mol. The van der Waals surface area contributed by atoms with Gasteiger partial charge in [-0.2, -0.15) is 11.8 Å². The molecule has 0 aromatic carbocycles. The van der Waals surface area contributed by atoms with Crippen LogP contribution in [0.15, 0.2) is 0 Å². The Hall–Kier alpha value is -6.66. The van der Waals surface area contributed by atoms with Crippen molar-refractivity contribution in [3.63, 3.8) is 0 Å². The molecule has 9 amide bonds. The van der Waals surface area contributed by atoms with E-state index in [0.717, 1.165) is 0 Å². The van der Waals surface area contributed by atoms with E-state index in [9.17, 15) is 82.8 Å². The summed E-state index contributed by atoms with van der Waals surface area (Å²) in [5.41, 5.74) is 22.2. The van der Waals surface area contributed by atoms with Crippen molar-refractivity contribution in [2.24, 2.45) is 34.8 Å². The van der Waals surface area contributed by atoms with E-state index < -0.39 is 169 Å². The highest BCUT2D eigenvalue weighted by molar-refractivity contribution is 7.98. The van der Waals surface area contributed by atoms with E-state index >= 15 is 0 Å². The van der Waals surface area contributed by atoms with Crippen LogP contribution in [0, 0.1) is 11.8 Å². The zero-order chi connectivity index (χ0) is 58.9. The van der Waals surface area contributed by atoms with E-state index in [1.807, 2.05) is 0 Å². The zero-order valence-electron chi connectivity index (χ0n) is 44.4. The van der Waals surface area contributed by atoms with Gasteiger partial charge in [0.1, 0.15) is 48.3 Å². The molecular weight excluding hydrogens is 1040 g/mol. The number of nitrogens with two attached hydrogens (primary N) is 4. The predicted octanol–water partition coefficient (Wildman–Crippen LogP) is -3.54. The molecule has 0 spiro atoms. The first-order chi connectivity index (χ1) is 36.1. The molecule has 30 heteroatoms. The van der Waals surface area contributed by atoms with E-state index in [1.165, 1.54) is 25.6 Å². The molecule has 0 bridgehead atoms. The fourth-order valence-corrected chi connectivity index (χ4v) is 7.77. The number of thioether (sulfide) groups is 1. The second-order valence-electron chi connectivity index (χ2n) is 19.1. The summed E-state index contributed by atoms with van der Waals surface area (Å²) in [4.78, 5) is 168. The van der Waals surface area contributed by atoms with E-state index in [2.05, 4.69) is 42.5 Å². The van der Waals surface area contributed by atoms with Crippen molar-refractivity contribution in [1.82, 2.24) is 42.5 Å². The first kappa shape index (κ1) is 70.3. The normalized spacial score (nSPS) is 14.6. The highest BCUT2D eigenvalue weighted by Crippen LogP contribution is 2.13. The Morgan fingerprint density at radius 2 is 0.831 bits per heavy atom. The highest BCUT2D eigenvalue weighted by atomic mass is 32.2. The van der Waals surface area contributed by atoms with Gasteiger partial charge in [-0.15, -0.1) is 0 Å². The Balaban J connectivity index is 6.79. The lowest BCUT2D eigenvalue weighted by Crippen LogP contribution is -2.61. The largest absolute Gasteiger partial charge is 0.481 e. The maximum absolute atomic E-state index is 14.0. The molecule has 0 aromatic heterocycles. The summed E-state index contributed by atoms with van der Waals surface area (Å²) >= 11 is 1.33. The molecule has 9 atom stereocenters. The summed E-state index contributed by atoms with van der Waals surface area (Å²) in [6.45, 7) is 6.93. The number of unbranched alkanes of at least 4 members (excludes halogenated alkanes) is 2. The molecule has 0 heterocycles. The second kappa shape index (κ2) is 38.0. The van der Waals surface area contributed by atoms with Crippen LogP contribution in [0.25, 0.3) is 0 Å². The van der Waals surface area contributed by atoms with E-state index in [-0.39, 0.29) is 57.4 Å². The fourth-order valence-electron chi connectivity index (χ4n) is 7.30. The first-order valence-electron chi connectivity index (χ1n) is 25.3. The third-order valence-corrected chi connectivity index (χ3v) is 12.2. The van der Waals surface area contributed by atoms with Crippen molar-refractivity contribution in [1.29, 1.82) is 0 Å². The molecule has 0 unspecified atom stereocenters. The molecule has 0 rings (SSSR count). The number of hydrogen-bond acceptors (Lipinski definition) is 17. The van der Waals surface area contributed by atoms with Crippen molar-refractivity contribution in [2.75, 3.05) is 25.1 Å². The molecule has 0 saturated carbocycles. The van der Waals surface area contributed by atoms with Gasteiger partial charge in [-0.1, -0.05) is 27.7 Å². The van der Waals surface area contributed by atoms with Gasteiger partial charge in [-0.25, -0.2) is 4.79 Å². The van der Waals surface area contributed by atoms with Gasteiger partial charge in [0.05, 0.1) is 12.5 Å². The minimum absolute atomic E-state index is 0.0256. The van der Waals surface area contributed by atoms with Crippen LogP contribution in [0.2, 0.25) is 0 Å². The molecule has 0 fully saturated rings. The molecule has 20 N–H and O–H groups in total. The number of carboxylic acids is 4. The van der Waals surface area contributed by atoms with E-state index in [4.69, 9.17) is 22.9 Å². The van der Waals surface area contributed by atoms with Crippen LogP contribution in [0.1, 0.15) is 124 Å². The Labute approximate surface area is 451 Å². The molecular formula is C47H82N12O17S. The average Bonchev–Trinajstić information content (AvgIpc) is 3.33. The monoisotopic (exact) mass is 1120 g/mol. The molecule has 0 aliphatic heterocycles. The summed E-state index contributed by atoms with van der Waals surface area (Å²) in [7, 11) is 0. The fraction of sp³-hybridized carbons (Fsp3) is 0.723. The van der Waals surface area contributed by atoms with Gasteiger partial charge < -0.3 is 85.9 Å². The summed E-state index contributed by atoms with van der Waals surface area (Å²) in [5.74, 6) is -15.4. The number of primary amides is 1. The minimum Gasteiger partial charge on any atom is -0.481 e. The third kappa shape index (κ3) is 30.0. The summed E-state index contributed by atoms with van der Waals surface area (Å²) in [6, 6.07) is -13.7. The lowest BCUT2D eigenvalue weighted by atomic mass is 9.99. The molecule has 0 aromatic rings. The van der Waals surface area contributed by atoms with Crippen LogP contribution in [-0.2, 0) is 62.3 Å². The quantitative estimate of drug-likeness (QED) is 0.0263. The maximum atomic E-state index is 14.0. The Kier molecular flexibility index (Phi) is 34.7. The Morgan fingerprint density at radius 3 is 1.23 bits per heavy atom. The minimum atomic E-state index is -2.01. The number of carbonyl (C=O) groups is 13. The summed E-state index contributed by atoms with van der Waals surface area (Å²) in [5, 5.41) is 57.7. The predicted molar refractivity (Wildman–Crippen MR) is 279 cm³/mol. The van der Waals surface area contributed by atoms with Crippen molar-refractivity contribution < 1.29 is 82.8 Å². The molecule has 29 nitrogen and oxygen atoms in total. The number of rotatable bonds is 42. The molecule has 0 aliphatic rings. The highest BCUT2D eigenvalue weighted by Gasteiger charge is 2.37. The van der Waals surface area contributed by atoms with Gasteiger partial charge in [0.25, 0.3) is 0 Å². The van der Waals surface area contributed by atoms with Crippen molar-refractivity contribution in [2.45, 2.75) is 178 Å². The number of aliphatic carboxylic acids is 4. The standard InChI is InChI=1S/C47H82N12O17S/c1-24(2)22-32(44(72)56-31(47(75)76)11-7-9-20-49)58-46(74)38(25(3)4)59-45(73)33(23-37(65)66)57-42(70)29(14-17-36(63)64)55-41(69)28(13-16-35(61)62)54-40(68)27(10-6-8-19-48)53-43(71)30(18-21-77-5)52-39(67)26(50)12-15-34(51)60/h24-33,38H,6-23,48-50H2,1-5H3,(H2,51,60)(H,52,67)(H,53,71)(H,54,68)(H,55,69)(H,56,72)(H,57,70)(H,58,74)(H,59,73)(H,61,62)(H,63,64)(H,65,66)(H,75,76)/t26-,27-,28-,29-,30-,31-,32-,33-,38-/m0/s1. The van der Waals surface area contributed by atoms with Crippen LogP contribution in [-0.4, -0.2) is 177 Å². The Morgan fingerprint density at radius 1 is 0.442 bits per heavy atom. The molecule has 0 radical (unpaired) electrons. The van der Waals surface area contributed by atoms with Crippen LogP contribution < -0.4 is 65.5 Å². The smallest absolute Gasteiger partial charge is 0.326 e. The molecule has 0 aliphatic carbocycles. The summed E-state index contributed by atoms with van der Waals surface area (Å²) < 4.78 is 0. The lowest BCUT2D eigenvalue weighted by Gasteiger charge is -2.29. The Bertz CT molecular complexity index is 2010. The topological polar surface area (TPSA) is 503 Å². The SMILES string of the molecule is CSCC[C@H](NC(=O)[C@@H](N)CCC(N)=O)C(=O)N[C@@H](CCCCN)C(=O)N[C@@H](CCC(=O)O)C(=O)N[C@@H](CCC(=O)O)C(=O)N[C@@H](CC(=O)O)C(=O)N[C@H](C(=O)N[C@@H](CC(C)C)C(=O)N[C@@H](CCCCN)C(=O)O)C(C)C. The van der Waals surface area contributed by atoms with E-state index in [1.54, 1.807) is 20.1 Å². The van der Waals surface area contributed by atoms with Crippen LogP contribution >= 0.6 is 11.8 Å². The van der Waals surface area contributed by atoms with Crippen LogP contribution in [0.4, 0.5) is 0 Å². The summed E-state index contributed by atoms with van der Waals surface area (Å²) in [6.07, 6.45) is -1.10. The first-order valence-corrected chi connectivity index (χ1v) is 26.7. The van der Waals surface area contributed by atoms with Crippen molar-refractivity contribution in [3.8, 4) is 0 Å². The number of carbonyl (C=O) groups excluding carboxylic acids is 9. The van der Waals surface area contributed by atoms with Crippen LogP contribution in [0.3, 0.4) is 0 Å². The van der Waals surface area contributed by atoms with Crippen molar-refractivity contribution >= 4 is 88.8 Å². The van der Waals surface area contributed by atoms with Gasteiger partial charge in [0.15, 0.2) is 0 Å². The van der Waals surface area contributed by atoms with Gasteiger partial charge in [-0.05, 0) is 108 Å². The third-order valence-electron chi connectivity index (χ3n) is 11.6. The van der Waals surface area contributed by atoms with Crippen molar-refractivity contribution in [3.05, 3.63) is 0 Å². The lowest BCUT2D eigenvalue weighted by molar-refractivity contribution is -0.143. The zero-order valence-corrected chi connectivity index (χ0v) is 45.2. The van der Waals surface area contributed by atoms with Gasteiger partial charge in [0.2, 0.25) is 53.2 Å². The van der Waals surface area contributed by atoms with Crippen LogP contribution in [0.5, 0.6) is 0 Å². The number of hydrogen-bond donors (Lipinski definition) is 16. The van der Waals surface area contributed by atoms with E-state index in [0.29, 0.717) is 31.6 Å². The maximum Gasteiger partial charge on any atom is 0.326 e. The van der Waals surface area contributed by atoms with Gasteiger partial charge in [-0.3, -0.25) is 57.5 Å². The van der Waals surface area contributed by atoms with Gasteiger partial charge in [0, 0.05) is 19.3 Å². The molecule has 77 heavy (non-hydrogen) atoms. The van der Waals surface area contributed by atoms with Gasteiger partial charge >= 0.3 is 23.9 Å².